The molecule has 1 spiro atoms. The number of nitrogens with one attached hydrogen (secondary N) is 1. The Labute approximate surface area is 191 Å². The normalized spacial score (nSPS) is 19.2. The van der Waals surface area contributed by atoms with Gasteiger partial charge < -0.3 is 21.3 Å². The van der Waals surface area contributed by atoms with E-state index in [2.05, 4.69) is 44.3 Å². The summed E-state index contributed by atoms with van der Waals surface area (Å²) in [7, 11) is 1.92. The van der Waals surface area contributed by atoms with Crippen LogP contribution in [0, 0.1) is 5.41 Å². The number of pyridine rings is 1. The Kier molecular flexibility index (Phi) is 4.48. The van der Waals surface area contributed by atoms with Crippen molar-refractivity contribution in [1.82, 2.24) is 25.1 Å². The maximum atomic E-state index is 6.73. The number of H-pyrrole nitrogens is 1. The van der Waals surface area contributed by atoms with Crippen LogP contribution < -0.4 is 21.3 Å². The van der Waals surface area contributed by atoms with Crippen LogP contribution in [0.5, 0.6) is 0 Å². The average molecular weight is 442 g/mol. The number of piperidine rings is 1. The van der Waals surface area contributed by atoms with E-state index in [-0.39, 0.29) is 11.5 Å². The van der Waals surface area contributed by atoms with Gasteiger partial charge in [0.05, 0.1) is 6.20 Å². The van der Waals surface area contributed by atoms with Gasteiger partial charge in [-0.15, -0.1) is 0 Å². The number of nitrogen functional groups attached to an aromatic ring is 1. The fourth-order valence-electron chi connectivity index (χ4n) is 5.42. The van der Waals surface area contributed by atoms with Crippen molar-refractivity contribution in [1.29, 1.82) is 0 Å². The van der Waals surface area contributed by atoms with E-state index in [1.54, 1.807) is 12.3 Å². The molecule has 0 unspecified atom stereocenters. The van der Waals surface area contributed by atoms with E-state index in [0.29, 0.717) is 17.3 Å². The molecule has 4 heterocycles. The van der Waals surface area contributed by atoms with Crippen molar-refractivity contribution in [2.24, 2.45) is 11.1 Å². The quantitative estimate of drug-likeness (QED) is 0.443. The molecule has 1 aliphatic heterocycles. The fourth-order valence-corrected chi connectivity index (χ4v) is 5.42. The lowest BCUT2D eigenvalue weighted by molar-refractivity contribution is 0.187. The van der Waals surface area contributed by atoms with Gasteiger partial charge in [-0.3, -0.25) is 5.10 Å². The molecule has 6 rings (SSSR count). The first-order chi connectivity index (χ1) is 16.0. The molecule has 5 N–H and O–H groups in total. The SMILES string of the molecule is CN(c1ccnc(N)c1)c1n[nH]c2nc(N3CCC4(CC3)Cc3ccccc3[C@H]4N)cnc12. The number of nitrogens with two attached hydrogens (primary N) is 2. The molecule has 33 heavy (non-hydrogen) atoms. The molecule has 0 amide bonds. The van der Waals surface area contributed by atoms with E-state index in [1.807, 2.05) is 24.2 Å². The van der Waals surface area contributed by atoms with E-state index in [9.17, 15) is 0 Å². The first-order valence-electron chi connectivity index (χ1n) is 11.3. The second-order valence-corrected chi connectivity index (χ2v) is 9.17. The fraction of sp³-hybridized carbons (Fsp3) is 0.333. The van der Waals surface area contributed by atoms with Crippen LogP contribution in [0.25, 0.3) is 11.2 Å². The number of benzene rings is 1. The van der Waals surface area contributed by atoms with Crippen LogP contribution in [0.2, 0.25) is 0 Å². The number of aromatic nitrogens is 5. The van der Waals surface area contributed by atoms with Gasteiger partial charge in [0.15, 0.2) is 17.0 Å². The summed E-state index contributed by atoms with van der Waals surface area (Å²) >= 11 is 0. The van der Waals surface area contributed by atoms with E-state index in [4.69, 9.17) is 21.4 Å². The van der Waals surface area contributed by atoms with Crippen molar-refractivity contribution in [3.05, 3.63) is 59.9 Å². The molecular formula is C24H27N9. The van der Waals surface area contributed by atoms with Gasteiger partial charge in [-0.05, 0) is 41.9 Å². The minimum atomic E-state index is 0.109. The molecule has 1 saturated heterocycles. The molecule has 1 aliphatic carbocycles. The first kappa shape index (κ1) is 19.9. The summed E-state index contributed by atoms with van der Waals surface area (Å²) in [4.78, 5) is 17.8. The van der Waals surface area contributed by atoms with E-state index < -0.39 is 0 Å². The largest absolute Gasteiger partial charge is 0.384 e. The monoisotopic (exact) mass is 441 g/mol. The lowest BCUT2D eigenvalue weighted by Crippen LogP contribution is -2.44. The van der Waals surface area contributed by atoms with Crippen molar-refractivity contribution in [3.63, 3.8) is 0 Å². The maximum Gasteiger partial charge on any atom is 0.182 e. The van der Waals surface area contributed by atoms with Crippen molar-refractivity contribution < 1.29 is 0 Å². The first-order valence-corrected chi connectivity index (χ1v) is 11.3. The summed E-state index contributed by atoms with van der Waals surface area (Å²) in [6, 6.07) is 12.4. The molecule has 0 saturated carbocycles. The van der Waals surface area contributed by atoms with Gasteiger partial charge in [-0.2, -0.15) is 5.10 Å². The van der Waals surface area contributed by atoms with Gasteiger partial charge in [-0.25, -0.2) is 15.0 Å². The molecule has 9 heteroatoms. The molecule has 168 valence electrons. The van der Waals surface area contributed by atoms with Gasteiger partial charge in [-0.1, -0.05) is 24.3 Å². The van der Waals surface area contributed by atoms with Crippen LogP contribution in [0.1, 0.15) is 30.0 Å². The summed E-state index contributed by atoms with van der Waals surface area (Å²) in [5.74, 6) is 2.02. The van der Waals surface area contributed by atoms with Crippen LogP contribution >= 0.6 is 0 Å². The third-order valence-corrected chi connectivity index (χ3v) is 7.38. The number of hydrogen-bond acceptors (Lipinski definition) is 8. The predicted molar refractivity (Wildman–Crippen MR) is 129 cm³/mol. The zero-order chi connectivity index (χ0) is 22.6. The zero-order valence-electron chi connectivity index (χ0n) is 18.6. The molecule has 9 nitrogen and oxygen atoms in total. The Morgan fingerprint density at radius 1 is 1.15 bits per heavy atom. The Bertz CT molecular complexity index is 1320. The van der Waals surface area contributed by atoms with Gasteiger partial charge in [0, 0.05) is 44.1 Å². The smallest absolute Gasteiger partial charge is 0.182 e. The summed E-state index contributed by atoms with van der Waals surface area (Å²) in [5.41, 5.74) is 17.7. The number of aromatic amines is 1. The Hall–Kier alpha value is -3.72. The standard InChI is InChI=1S/C24H27N9/c1-32(16-6-9-27-18(25)12-16)23-20-22(30-31-23)29-19(14-28-20)33-10-7-24(8-11-33)13-15-4-2-3-5-17(15)21(24)26/h2-6,9,12,14,21H,7-8,10-11,13,26H2,1H3,(H2,25,27)(H,29,30,31)/t21-/m1/s1. The van der Waals surface area contributed by atoms with Crippen molar-refractivity contribution in [2.75, 3.05) is 35.7 Å². The maximum absolute atomic E-state index is 6.73. The minimum Gasteiger partial charge on any atom is -0.384 e. The number of rotatable bonds is 3. The number of hydrogen-bond donors (Lipinski definition) is 3. The average Bonchev–Trinajstić information content (AvgIpc) is 3.38. The summed E-state index contributed by atoms with van der Waals surface area (Å²) in [5, 5.41) is 7.50. The minimum absolute atomic E-state index is 0.109. The van der Waals surface area contributed by atoms with Crippen molar-refractivity contribution >= 4 is 34.3 Å². The van der Waals surface area contributed by atoms with E-state index in [0.717, 1.165) is 49.4 Å². The lowest BCUT2D eigenvalue weighted by atomic mass is 9.73. The molecular weight excluding hydrogens is 414 g/mol. The highest BCUT2D eigenvalue weighted by atomic mass is 15.3. The highest BCUT2D eigenvalue weighted by molar-refractivity contribution is 5.87. The predicted octanol–water partition coefficient (Wildman–Crippen LogP) is 2.94. The molecule has 2 aliphatic rings. The molecule has 0 bridgehead atoms. The Balaban J connectivity index is 1.21. The third-order valence-electron chi connectivity index (χ3n) is 7.38. The number of fused-ring (bicyclic) bond motifs is 2. The molecule has 1 fully saturated rings. The van der Waals surface area contributed by atoms with E-state index >= 15 is 0 Å². The van der Waals surface area contributed by atoms with Gasteiger partial charge in [0.1, 0.15) is 11.6 Å². The highest BCUT2D eigenvalue weighted by Gasteiger charge is 2.45. The number of anilines is 4. The topological polar surface area (TPSA) is 126 Å². The van der Waals surface area contributed by atoms with Crippen molar-refractivity contribution in [3.8, 4) is 0 Å². The summed E-state index contributed by atoms with van der Waals surface area (Å²) in [6.07, 6.45) is 6.68. The summed E-state index contributed by atoms with van der Waals surface area (Å²) in [6.45, 7) is 1.83. The van der Waals surface area contributed by atoms with Gasteiger partial charge in [0.2, 0.25) is 0 Å². The van der Waals surface area contributed by atoms with Crippen molar-refractivity contribution in [2.45, 2.75) is 25.3 Å². The Morgan fingerprint density at radius 2 is 1.97 bits per heavy atom. The Morgan fingerprint density at radius 3 is 2.76 bits per heavy atom. The lowest BCUT2D eigenvalue weighted by Gasteiger charge is -2.42. The van der Waals surface area contributed by atoms with Crippen LogP contribution in [0.4, 0.5) is 23.1 Å². The highest BCUT2D eigenvalue weighted by Crippen LogP contribution is 2.50. The molecule has 4 aromatic rings. The van der Waals surface area contributed by atoms with Crippen LogP contribution in [0.15, 0.2) is 48.8 Å². The van der Waals surface area contributed by atoms with Crippen LogP contribution in [-0.2, 0) is 6.42 Å². The molecule has 0 radical (unpaired) electrons. The molecule has 1 aromatic carbocycles. The number of nitrogens with zero attached hydrogens (tertiary/aromatic N) is 6. The second-order valence-electron chi connectivity index (χ2n) is 9.17. The zero-order valence-corrected chi connectivity index (χ0v) is 18.6. The van der Waals surface area contributed by atoms with Gasteiger partial charge in [0.25, 0.3) is 0 Å². The van der Waals surface area contributed by atoms with Gasteiger partial charge >= 0.3 is 0 Å². The molecule has 3 aromatic heterocycles. The van der Waals surface area contributed by atoms with Crippen LogP contribution in [-0.4, -0.2) is 45.3 Å². The third kappa shape index (κ3) is 3.19. The molecule has 1 atom stereocenters. The summed E-state index contributed by atoms with van der Waals surface area (Å²) < 4.78 is 0. The van der Waals surface area contributed by atoms with Crippen LogP contribution in [0.3, 0.4) is 0 Å². The van der Waals surface area contributed by atoms with E-state index in [1.165, 1.54) is 11.1 Å². The second kappa shape index (κ2) is 7.41.